The normalized spacial score (nSPS) is 10.3. The topological polar surface area (TPSA) is 47.3 Å². The first-order valence-electron chi connectivity index (χ1n) is 6.36. The van der Waals surface area contributed by atoms with Crippen LogP contribution in [0.15, 0.2) is 18.2 Å². The molecule has 0 radical (unpaired) electrons. The van der Waals surface area contributed by atoms with Crippen molar-refractivity contribution in [2.45, 2.75) is 13.3 Å². The Morgan fingerprint density at radius 2 is 1.95 bits per heavy atom. The summed E-state index contributed by atoms with van der Waals surface area (Å²) in [6, 6.07) is 7.32. The molecule has 0 aliphatic heterocycles. The van der Waals surface area contributed by atoms with Gasteiger partial charge in [-0.3, -0.25) is 4.79 Å². The Labute approximate surface area is 115 Å². The molecule has 1 aromatic rings. The van der Waals surface area contributed by atoms with E-state index >= 15 is 0 Å². The van der Waals surface area contributed by atoms with Gasteiger partial charge in [-0.2, -0.15) is 5.26 Å². The Kier molecular flexibility index (Phi) is 5.53. The lowest BCUT2D eigenvalue weighted by molar-refractivity contribution is 0.101. The fourth-order valence-electron chi connectivity index (χ4n) is 1.96. The Morgan fingerprint density at radius 3 is 2.47 bits per heavy atom. The van der Waals surface area contributed by atoms with Gasteiger partial charge in [0.2, 0.25) is 0 Å². The van der Waals surface area contributed by atoms with E-state index in [0.717, 1.165) is 25.2 Å². The first kappa shape index (κ1) is 15.2. The lowest BCUT2D eigenvalue weighted by Crippen LogP contribution is -2.24. The van der Waals surface area contributed by atoms with Gasteiger partial charge < -0.3 is 9.80 Å². The molecule has 0 aliphatic carbocycles. The molecule has 1 rings (SSSR count). The molecule has 0 bridgehead atoms. The smallest absolute Gasteiger partial charge is 0.161 e. The lowest BCUT2D eigenvalue weighted by Gasteiger charge is -2.22. The fraction of sp³-hybridized carbons (Fsp3) is 0.467. The summed E-state index contributed by atoms with van der Waals surface area (Å²) in [6.07, 6.45) is 1.01. The summed E-state index contributed by atoms with van der Waals surface area (Å²) >= 11 is 0. The number of ketones is 1. The van der Waals surface area contributed by atoms with Gasteiger partial charge in [-0.25, -0.2) is 0 Å². The number of rotatable bonds is 6. The lowest BCUT2D eigenvalue weighted by atomic mass is 10.1. The molecule has 0 aliphatic rings. The van der Waals surface area contributed by atoms with Gasteiger partial charge in [-0.1, -0.05) is 0 Å². The number of hydrogen-bond donors (Lipinski definition) is 0. The monoisotopic (exact) mass is 259 g/mol. The van der Waals surface area contributed by atoms with Gasteiger partial charge in [0.15, 0.2) is 5.78 Å². The van der Waals surface area contributed by atoms with Gasteiger partial charge in [0.25, 0.3) is 0 Å². The second-order valence-corrected chi connectivity index (χ2v) is 4.98. The van der Waals surface area contributed by atoms with Gasteiger partial charge in [0, 0.05) is 24.8 Å². The highest BCUT2D eigenvalue weighted by Crippen LogP contribution is 2.22. The van der Waals surface area contributed by atoms with E-state index in [1.165, 1.54) is 0 Å². The van der Waals surface area contributed by atoms with Crippen molar-refractivity contribution in [3.63, 3.8) is 0 Å². The van der Waals surface area contributed by atoms with Gasteiger partial charge in [-0.05, 0) is 52.2 Å². The number of carbonyl (C=O) groups is 1. The highest BCUT2D eigenvalue weighted by Gasteiger charge is 2.12. The number of nitriles is 1. The van der Waals surface area contributed by atoms with Gasteiger partial charge in [0.1, 0.15) is 0 Å². The molecule has 0 amide bonds. The van der Waals surface area contributed by atoms with Crippen molar-refractivity contribution in [3.8, 4) is 6.07 Å². The second-order valence-electron chi connectivity index (χ2n) is 4.98. The zero-order valence-electron chi connectivity index (χ0n) is 12.1. The fourth-order valence-corrected chi connectivity index (χ4v) is 1.96. The van der Waals surface area contributed by atoms with E-state index in [2.05, 4.69) is 11.0 Å². The number of anilines is 1. The molecule has 19 heavy (non-hydrogen) atoms. The second kappa shape index (κ2) is 6.91. The Morgan fingerprint density at radius 1 is 1.26 bits per heavy atom. The molecule has 0 atom stereocenters. The molecule has 0 N–H and O–H groups in total. The Bertz CT molecular complexity index is 489. The SMILES string of the molecule is CC(=O)c1ccc(C#N)cc1N(C)CCCN(C)C. The number of carbonyl (C=O) groups excluding carboxylic acids is 1. The standard InChI is InChI=1S/C15H21N3O/c1-12(19)14-7-6-13(11-16)10-15(14)18(4)9-5-8-17(2)3/h6-7,10H,5,8-9H2,1-4H3. The van der Waals surface area contributed by atoms with Crippen LogP contribution in [-0.4, -0.2) is 44.9 Å². The van der Waals surface area contributed by atoms with Crippen LogP contribution in [0.2, 0.25) is 0 Å². The van der Waals surface area contributed by atoms with Crippen LogP contribution in [0.4, 0.5) is 5.69 Å². The van der Waals surface area contributed by atoms with Crippen LogP contribution in [0, 0.1) is 11.3 Å². The van der Waals surface area contributed by atoms with Crippen molar-refractivity contribution >= 4 is 11.5 Å². The molecule has 102 valence electrons. The van der Waals surface area contributed by atoms with Crippen molar-refractivity contribution in [2.24, 2.45) is 0 Å². The summed E-state index contributed by atoms with van der Waals surface area (Å²) in [7, 11) is 6.03. The molecule has 4 heteroatoms. The van der Waals surface area contributed by atoms with Crippen LogP contribution in [0.3, 0.4) is 0 Å². The third-order valence-corrected chi connectivity index (χ3v) is 3.02. The maximum atomic E-state index is 11.6. The maximum absolute atomic E-state index is 11.6. The minimum absolute atomic E-state index is 0.0268. The summed E-state index contributed by atoms with van der Waals surface area (Å²) in [6.45, 7) is 3.41. The molecule has 0 unspecified atom stereocenters. The molecule has 0 heterocycles. The van der Waals surface area contributed by atoms with Gasteiger partial charge in [-0.15, -0.1) is 0 Å². The summed E-state index contributed by atoms with van der Waals surface area (Å²) in [4.78, 5) is 15.8. The number of nitrogens with zero attached hydrogens (tertiary/aromatic N) is 3. The third-order valence-electron chi connectivity index (χ3n) is 3.02. The van der Waals surface area contributed by atoms with E-state index in [1.54, 1.807) is 25.1 Å². The van der Waals surface area contributed by atoms with E-state index in [0.29, 0.717) is 11.1 Å². The number of hydrogen-bond acceptors (Lipinski definition) is 4. The van der Waals surface area contributed by atoms with Crippen molar-refractivity contribution in [1.82, 2.24) is 4.90 Å². The molecular formula is C15H21N3O. The Balaban J connectivity index is 2.90. The van der Waals surface area contributed by atoms with Gasteiger partial charge >= 0.3 is 0 Å². The average Bonchev–Trinajstić information content (AvgIpc) is 2.37. The maximum Gasteiger partial charge on any atom is 0.161 e. The van der Waals surface area contributed by atoms with Gasteiger partial charge in [0.05, 0.1) is 11.6 Å². The van der Waals surface area contributed by atoms with Crippen molar-refractivity contribution in [1.29, 1.82) is 5.26 Å². The summed E-state index contributed by atoms with van der Waals surface area (Å²) in [5, 5.41) is 8.96. The summed E-state index contributed by atoms with van der Waals surface area (Å²) in [5.41, 5.74) is 2.09. The molecule has 0 fully saturated rings. The van der Waals surface area contributed by atoms with E-state index in [9.17, 15) is 4.79 Å². The molecule has 0 saturated carbocycles. The first-order chi connectivity index (χ1) is 8.95. The molecule has 4 nitrogen and oxygen atoms in total. The van der Waals surface area contributed by atoms with E-state index in [1.807, 2.05) is 26.0 Å². The summed E-state index contributed by atoms with van der Waals surface area (Å²) in [5.74, 6) is 0.0268. The highest BCUT2D eigenvalue weighted by molar-refractivity contribution is 5.99. The van der Waals surface area contributed by atoms with E-state index in [-0.39, 0.29) is 5.78 Å². The average molecular weight is 259 g/mol. The van der Waals surface area contributed by atoms with Crippen LogP contribution < -0.4 is 4.90 Å². The van der Waals surface area contributed by atoms with Crippen LogP contribution in [0.1, 0.15) is 29.3 Å². The predicted molar refractivity (Wildman–Crippen MR) is 77.6 cm³/mol. The van der Waals surface area contributed by atoms with Crippen LogP contribution >= 0.6 is 0 Å². The van der Waals surface area contributed by atoms with Crippen molar-refractivity contribution in [3.05, 3.63) is 29.3 Å². The van der Waals surface area contributed by atoms with E-state index in [4.69, 9.17) is 5.26 Å². The largest absolute Gasteiger partial charge is 0.374 e. The number of benzene rings is 1. The van der Waals surface area contributed by atoms with Crippen molar-refractivity contribution in [2.75, 3.05) is 39.1 Å². The molecular weight excluding hydrogens is 238 g/mol. The molecule has 0 aromatic heterocycles. The van der Waals surface area contributed by atoms with Crippen LogP contribution in [-0.2, 0) is 0 Å². The minimum atomic E-state index is 0.0268. The highest BCUT2D eigenvalue weighted by atomic mass is 16.1. The third kappa shape index (κ3) is 4.38. The predicted octanol–water partition coefficient (Wildman–Crippen LogP) is 2.15. The zero-order chi connectivity index (χ0) is 14.4. The van der Waals surface area contributed by atoms with Crippen LogP contribution in [0.25, 0.3) is 0 Å². The number of Topliss-reactive ketones (excluding diaryl/α,β-unsaturated/α-hetero) is 1. The first-order valence-corrected chi connectivity index (χ1v) is 6.36. The molecule has 0 saturated heterocycles. The molecule has 0 spiro atoms. The zero-order valence-corrected chi connectivity index (χ0v) is 12.1. The Hall–Kier alpha value is -1.86. The quantitative estimate of drug-likeness (QED) is 0.734. The summed E-state index contributed by atoms with van der Waals surface area (Å²) < 4.78 is 0. The van der Waals surface area contributed by atoms with Crippen molar-refractivity contribution < 1.29 is 4.79 Å². The van der Waals surface area contributed by atoms with E-state index < -0.39 is 0 Å². The minimum Gasteiger partial charge on any atom is -0.374 e. The molecule has 1 aromatic carbocycles. The van der Waals surface area contributed by atoms with Crippen LogP contribution in [0.5, 0.6) is 0 Å².